The molecule has 31 heavy (non-hydrogen) atoms. The van der Waals surface area contributed by atoms with E-state index in [2.05, 4.69) is 4.90 Å². The van der Waals surface area contributed by atoms with Crippen molar-refractivity contribution < 1.29 is 23.1 Å². The molecular formula is C24H27FN2O4. The summed E-state index contributed by atoms with van der Waals surface area (Å²) < 4.78 is 30.5. The molecule has 0 bridgehead atoms. The second-order valence-electron chi connectivity index (χ2n) is 7.58. The lowest BCUT2D eigenvalue weighted by Crippen LogP contribution is -2.48. The van der Waals surface area contributed by atoms with Crippen LogP contribution in [0.4, 0.5) is 4.39 Å². The number of amides is 1. The van der Waals surface area contributed by atoms with Crippen LogP contribution in [0.15, 0.2) is 46.9 Å². The largest absolute Gasteiger partial charge is 0.494 e. The van der Waals surface area contributed by atoms with E-state index in [0.29, 0.717) is 57.3 Å². The zero-order valence-electron chi connectivity index (χ0n) is 17.9. The van der Waals surface area contributed by atoms with E-state index in [0.717, 1.165) is 16.5 Å². The smallest absolute Gasteiger partial charge is 0.290 e. The Morgan fingerprint density at radius 3 is 2.61 bits per heavy atom. The number of methoxy groups -OCH3 is 1. The van der Waals surface area contributed by atoms with Gasteiger partial charge in [0.1, 0.15) is 5.58 Å². The van der Waals surface area contributed by atoms with Crippen LogP contribution in [-0.4, -0.2) is 55.6 Å². The summed E-state index contributed by atoms with van der Waals surface area (Å²) in [6, 6.07) is 12.7. The number of benzene rings is 2. The van der Waals surface area contributed by atoms with Gasteiger partial charge in [-0.15, -0.1) is 0 Å². The van der Waals surface area contributed by atoms with Crippen LogP contribution in [0.2, 0.25) is 0 Å². The average Bonchev–Trinajstić information content (AvgIpc) is 3.16. The molecule has 0 saturated carbocycles. The topological polar surface area (TPSA) is 55.2 Å². The third-order valence-corrected chi connectivity index (χ3v) is 5.62. The maximum Gasteiger partial charge on any atom is 0.290 e. The molecule has 1 aromatic heterocycles. The van der Waals surface area contributed by atoms with Crippen molar-refractivity contribution in [1.29, 1.82) is 0 Å². The number of carbonyl (C=O) groups excluding carboxylic acids is 1. The standard InChI is InChI=1S/C24H27FN2O4/c1-3-30-16-19-18-6-4-5-7-21(18)31-23(19)24(28)27-12-10-26(11-13-27)15-17-8-9-22(29-2)20(25)14-17/h4-9,14H,3,10-13,15-16H2,1-2H3. The number of carbonyl (C=O) groups is 1. The molecule has 2 aromatic carbocycles. The van der Waals surface area contributed by atoms with Crippen molar-refractivity contribution in [2.45, 2.75) is 20.1 Å². The number of hydrogen-bond donors (Lipinski definition) is 0. The minimum atomic E-state index is -0.361. The van der Waals surface area contributed by atoms with Crippen molar-refractivity contribution >= 4 is 16.9 Å². The third-order valence-electron chi connectivity index (χ3n) is 5.62. The highest BCUT2D eigenvalue weighted by Gasteiger charge is 2.28. The van der Waals surface area contributed by atoms with Crippen molar-refractivity contribution in [1.82, 2.24) is 9.80 Å². The average molecular weight is 426 g/mol. The molecule has 0 atom stereocenters. The van der Waals surface area contributed by atoms with Crippen molar-refractivity contribution in [2.75, 3.05) is 39.9 Å². The summed E-state index contributed by atoms with van der Waals surface area (Å²) >= 11 is 0. The summed E-state index contributed by atoms with van der Waals surface area (Å²) in [5, 5.41) is 0.916. The van der Waals surface area contributed by atoms with E-state index in [-0.39, 0.29) is 17.5 Å². The fourth-order valence-corrected chi connectivity index (χ4v) is 3.94. The second kappa shape index (κ2) is 9.49. The minimum Gasteiger partial charge on any atom is -0.494 e. The van der Waals surface area contributed by atoms with Gasteiger partial charge in [-0.3, -0.25) is 9.69 Å². The molecule has 0 N–H and O–H groups in total. The van der Waals surface area contributed by atoms with Crippen molar-refractivity contribution in [3.05, 3.63) is 65.2 Å². The third kappa shape index (κ3) is 4.57. The molecule has 1 aliphatic heterocycles. The van der Waals surface area contributed by atoms with Crippen molar-refractivity contribution in [3.63, 3.8) is 0 Å². The molecule has 1 fully saturated rings. The fourth-order valence-electron chi connectivity index (χ4n) is 3.94. The molecule has 0 unspecified atom stereocenters. The van der Waals surface area contributed by atoms with Crippen LogP contribution in [0.1, 0.15) is 28.6 Å². The molecule has 7 heteroatoms. The Morgan fingerprint density at radius 1 is 1.13 bits per heavy atom. The van der Waals surface area contributed by atoms with Gasteiger partial charge in [-0.25, -0.2) is 4.39 Å². The Kier molecular flexibility index (Phi) is 6.53. The highest BCUT2D eigenvalue weighted by Crippen LogP contribution is 2.28. The van der Waals surface area contributed by atoms with Crippen LogP contribution in [-0.2, 0) is 17.9 Å². The van der Waals surface area contributed by atoms with Gasteiger partial charge in [0.2, 0.25) is 0 Å². The highest BCUT2D eigenvalue weighted by molar-refractivity contribution is 5.99. The molecule has 6 nitrogen and oxygen atoms in total. The van der Waals surface area contributed by atoms with Crippen LogP contribution in [0.25, 0.3) is 11.0 Å². The Morgan fingerprint density at radius 2 is 1.90 bits per heavy atom. The number of para-hydroxylation sites is 1. The van der Waals surface area contributed by atoms with Gasteiger partial charge in [-0.2, -0.15) is 0 Å². The van der Waals surface area contributed by atoms with Crippen LogP contribution in [0.5, 0.6) is 5.75 Å². The van der Waals surface area contributed by atoms with Gasteiger partial charge < -0.3 is 18.8 Å². The number of halogens is 1. The van der Waals surface area contributed by atoms with Crippen molar-refractivity contribution in [2.24, 2.45) is 0 Å². The summed E-state index contributed by atoms with van der Waals surface area (Å²) in [5.41, 5.74) is 2.38. The molecule has 3 aromatic rings. The number of fused-ring (bicyclic) bond motifs is 1. The number of hydrogen-bond acceptors (Lipinski definition) is 5. The first kappa shape index (κ1) is 21.3. The number of ether oxygens (including phenoxy) is 2. The lowest BCUT2D eigenvalue weighted by Gasteiger charge is -2.34. The quantitative estimate of drug-likeness (QED) is 0.570. The summed E-state index contributed by atoms with van der Waals surface area (Å²) in [7, 11) is 1.45. The second-order valence-corrected chi connectivity index (χ2v) is 7.58. The Bertz CT molecular complexity index is 1060. The molecular weight excluding hydrogens is 399 g/mol. The van der Waals surface area contributed by atoms with Gasteiger partial charge in [0, 0.05) is 50.3 Å². The number of furan rings is 1. The monoisotopic (exact) mass is 426 g/mol. The SMILES string of the molecule is CCOCc1c(C(=O)N2CCN(Cc3ccc(OC)c(F)c3)CC2)oc2ccccc12. The van der Waals surface area contributed by atoms with Crippen LogP contribution < -0.4 is 4.74 Å². The Hall–Kier alpha value is -2.90. The first-order chi connectivity index (χ1) is 15.1. The van der Waals surface area contributed by atoms with Crippen molar-refractivity contribution in [3.8, 4) is 5.75 Å². The van der Waals surface area contributed by atoms with Gasteiger partial charge >= 0.3 is 0 Å². The Balaban J connectivity index is 1.43. The van der Waals surface area contributed by atoms with E-state index in [1.807, 2.05) is 42.2 Å². The predicted octanol–water partition coefficient (Wildman–Crippen LogP) is 4.08. The first-order valence-corrected chi connectivity index (χ1v) is 10.5. The maximum absolute atomic E-state index is 14.0. The first-order valence-electron chi connectivity index (χ1n) is 10.5. The molecule has 0 aliphatic carbocycles. The molecule has 164 valence electrons. The predicted molar refractivity (Wildman–Crippen MR) is 116 cm³/mol. The van der Waals surface area contributed by atoms with E-state index in [9.17, 15) is 9.18 Å². The minimum absolute atomic E-state index is 0.110. The number of rotatable bonds is 7. The molecule has 2 heterocycles. The van der Waals surface area contributed by atoms with E-state index in [4.69, 9.17) is 13.9 Å². The van der Waals surface area contributed by atoms with Gasteiger partial charge in [0.25, 0.3) is 5.91 Å². The van der Waals surface area contributed by atoms with Gasteiger partial charge in [-0.1, -0.05) is 24.3 Å². The normalized spacial score (nSPS) is 14.9. The van der Waals surface area contributed by atoms with Gasteiger partial charge in [0.05, 0.1) is 13.7 Å². The molecule has 0 radical (unpaired) electrons. The molecule has 1 saturated heterocycles. The molecule has 1 amide bonds. The lowest BCUT2D eigenvalue weighted by molar-refractivity contribution is 0.0591. The highest BCUT2D eigenvalue weighted by atomic mass is 19.1. The maximum atomic E-state index is 14.0. The molecule has 4 rings (SSSR count). The fraction of sp³-hybridized carbons (Fsp3) is 0.375. The van der Waals surface area contributed by atoms with E-state index in [1.54, 1.807) is 6.07 Å². The van der Waals surface area contributed by atoms with E-state index >= 15 is 0 Å². The molecule has 1 aliphatic rings. The summed E-state index contributed by atoms with van der Waals surface area (Å²) in [4.78, 5) is 17.3. The summed E-state index contributed by atoms with van der Waals surface area (Å²) in [6.07, 6.45) is 0. The zero-order chi connectivity index (χ0) is 21.8. The zero-order valence-corrected chi connectivity index (χ0v) is 17.9. The van der Waals surface area contributed by atoms with Crippen LogP contribution >= 0.6 is 0 Å². The van der Waals surface area contributed by atoms with E-state index < -0.39 is 0 Å². The van der Waals surface area contributed by atoms with Crippen LogP contribution in [0.3, 0.4) is 0 Å². The lowest BCUT2D eigenvalue weighted by atomic mass is 10.1. The van der Waals surface area contributed by atoms with Gasteiger partial charge in [-0.05, 0) is 30.7 Å². The summed E-state index contributed by atoms with van der Waals surface area (Å²) in [5.74, 6) is 0.134. The molecule has 0 spiro atoms. The number of piperazine rings is 1. The summed E-state index contributed by atoms with van der Waals surface area (Å²) in [6.45, 7) is 6.06. The number of nitrogens with zero attached hydrogens (tertiary/aromatic N) is 2. The van der Waals surface area contributed by atoms with Crippen LogP contribution in [0, 0.1) is 5.82 Å². The van der Waals surface area contributed by atoms with E-state index in [1.165, 1.54) is 13.2 Å². The van der Waals surface area contributed by atoms with Gasteiger partial charge in [0.15, 0.2) is 17.3 Å². The Labute approximate surface area is 181 Å².